The molecule has 15 atom stereocenters. The van der Waals surface area contributed by atoms with E-state index >= 15 is 0 Å². The fraction of sp³-hybridized carbons (Fsp3) is 0.875. The number of aliphatic hydroxyl groups excluding tert-OH is 6. The molecule has 5 rings (SSSR count). The second kappa shape index (κ2) is 12.7. The first kappa shape index (κ1) is 32.8. The Balaban J connectivity index is 1.19. The zero-order chi connectivity index (χ0) is 31.3. The zero-order valence-corrected chi connectivity index (χ0v) is 25.4. The maximum atomic E-state index is 12.7. The number of hydrogen-bond acceptors (Lipinski definition) is 10. The summed E-state index contributed by atoms with van der Waals surface area (Å²) in [4.78, 5) is 24.5. The molecule has 11 nitrogen and oxygen atoms in total. The number of amides is 1. The van der Waals surface area contributed by atoms with Crippen molar-refractivity contribution in [2.45, 2.75) is 127 Å². The van der Waals surface area contributed by atoms with E-state index in [9.17, 15) is 40.2 Å². The third kappa shape index (κ3) is 5.79. The second-order valence-corrected chi connectivity index (χ2v) is 14.4. The van der Waals surface area contributed by atoms with Gasteiger partial charge in [-0.05, 0) is 98.2 Å². The average molecular weight is 610 g/mol. The Kier molecular flexibility index (Phi) is 9.65. The van der Waals surface area contributed by atoms with Gasteiger partial charge in [0.05, 0.1) is 18.8 Å². The molecular weight excluding hydrogens is 558 g/mol. The van der Waals surface area contributed by atoms with Gasteiger partial charge in [-0.15, -0.1) is 0 Å². The van der Waals surface area contributed by atoms with Gasteiger partial charge in [0.2, 0.25) is 5.91 Å². The van der Waals surface area contributed by atoms with Gasteiger partial charge in [-0.25, -0.2) is 4.79 Å². The minimum Gasteiger partial charge on any atom is -0.459 e. The lowest BCUT2D eigenvalue weighted by atomic mass is 9.43. The number of ether oxygens (including phenoxy) is 2. The van der Waals surface area contributed by atoms with Crippen LogP contribution < -0.4 is 5.32 Å². The van der Waals surface area contributed by atoms with E-state index in [-0.39, 0.29) is 58.9 Å². The summed E-state index contributed by atoms with van der Waals surface area (Å²) >= 11 is 0. The van der Waals surface area contributed by atoms with Crippen molar-refractivity contribution in [1.29, 1.82) is 0 Å². The summed E-state index contributed by atoms with van der Waals surface area (Å²) < 4.78 is 10.7. The Labute approximate surface area is 253 Å². The van der Waals surface area contributed by atoms with Gasteiger partial charge in [-0.3, -0.25) is 4.79 Å². The van der Waals surface area contributed by atoms with Gasteiger partial charge >= 0.3 is 5.97 Å². The van der Waals surface area contributed by atoms with Crippen molar-refractivity contribution >= 4 is 11.9 Å². The molecule has 1 saturated heterocycles. The van der Waals surface area contributed by atoms with Gasteiger partial charge in [0, 0.05) is 12.5 Å². The fourth-order valence-corrected chi connectivity index (χ4v) is 10.1. The highest BCUT2D eigenvalue weighted by molar-refractivity contribution is 5.81. The number of esters is 1. The summed E-state index contributed by atoms with van der Waals surface area (Å²) in [6.45, 7) is 7.40. The molecule has 0 aromatic heterocycles. The molecule has 5 aliphatic rings. The molecule has 4 saturated carbocycles. The predicted molar refractivity (Wildman–Crippen MR) is 154 cm³/mol. The van der Waals surface area contributed by atoms with Gasteiger partial charge in [0.1, 0.15) is 30.5 Å². The molecule has 0 spiro atoms. The minimum atomic E-state index is -1.56. The SMILES string of the molecule is C=CC(=O)O[C@@H]1CC[C@]2(C)C3C[C@H](O)[C@]4(C)[C@@H](CCCC(=O)N[C@@H]5[C@@H](O)[C@H](O)[C@@H](CO)O[C@@H]5O)CC[C@H]4C3[C@H](O)C[C@@H]2C1. The lowest BCUT2D eigenvalue weighted by Gasteiger charge is -2.63. The van der Waals surface area contributed by atoms with Crippen LogP contribution in [0.3, 0.4) is 0 Å². The second-order valence-electron chi connectivity index (χ2n) is 14.4. The summed E-state index contributed by atoms with van der Waals surface area (Å²) in [5, 5.41) is 65.7. The maximum absolute atomic E-state index is 12.7. The van der Waals surface area contributed by atoms with Crippen LogP contribution in [0.5, 0.6) is 0 Å². The van der Waals surface area contributed by atoms with Crippen molar-refractivity contribution in [3.05, 3.63) is 12.7 Å². The summed E-state index contributed by atoms with van der Waals surface area (Å²) in [6.07, 6.45) is 1.36. The molecule has 1 heterocycles. The van der Waals surface area contributed by atoms with Crippen LogP contribution in [0.4, 0.5) is 0 Å². The maximum Gasteiger partial charge on any atom is 0.330 e. The molecular formula is C32H51NO10. The number of carbonyl (C=O) groups excluding carboxylic acids is 2. The highest BCUT2D eigenvalue weighted by Gasteiger charge is 2.65. The highest BCUT2D eigenvalue weighted by atomic mass is 16.6. The van der Waals surface area contributed by atoms with Crippen LogP contribution in [0.25, 0.3) is 0 Å². The quantitative estimate of drug-likeness (QED) is 0.153. The van der Waals surface area contributed by atoms with E-state index in [1.807, 2.05) is 0 Å². The molecule has 1 amide bonds. The molecule has 7 N–H and O–H groups in total. The highest BCUT2D eigenvalue weighted by Crippen LogP contribution is 2.68. The van der Waals surface area contributed by atoms with Crippen LogP contribution in [0.15, 0.2) is 12.7 Å². The fourth-order valence-electron chi connectivity index (χ4n) is 10.1. The van der Waals surface area contributed by atoms with Crippen molar-refractivity contribution < 1.29 is 49.7 Å². The Hall–Kier alpha value is -1.60. The van der Waals surface area contributed by atoms with E-state index in [0.29, 0.717) is 19.3 Å². The van der Waals surface area contributed by atoms with Gasteiger partial charge in [0.25, 0.3) is 0 Å². The number of hydrogen-bond donors (Lipinski definition) is 7. The van der Waals surface area contributed by atoms with E-state index in [2.05, 4.69) is 25.7 Å². The van der Waals surface area contributed by atoms with Gasteiger partial charge in [0.15, 0.2) is 6.29 Å². The Bertz CT molecular complexity index is 1040. The van der Waals surface area contributed by atoms with Crippen LogP contribution in [0, 0.1) is 40.4 Å². The summed E-state index contributed by atoms with van der Waals surface area (Å²) in [6, 6.07) is -1.21. The lowest BCUT2D eigenvalue weighted by molar-refractivity contribution is -0.253. The van der Waals surface area contributed by atoms with Crippen LogP contribution >= 0.6 is 0 Å². The third-order valence-corrected chi connectivity index (χ3v) is 12.6. The minimum absolute atomic E-state index is 0.0395. The molecule has 244 valence electrons. The average Bonchev–Trinajstić information content (AvgIpc) is 3.31. The number of carbonyl (C=O) groups is 2. The van der Waals surface area contributed by atoms with Crippen LogP contribution in [0.2, 0.25) is 0 Å². The lowest BCUT2D eigenvalue weighted by Crippen LogP contribution is -2.64. The molecule has 0 bridgehead atoms. The van der Waals surface area contributed by atoms with Gasteiger partial charge < -0.3 is 45.4 Å². The summed E-state index contributed by atoms with van der Waals surface area (Å²) in [5.74, 6) is 0.0689. The first-order valence-electron chi connectivity index (χ1n) is 16.1. The normalized spacial score (nSPS) is 49.3. The van der Waals surface area contributed by atoms with E-state index in [4.69, 9.17) is 9.47 Å². The van der Waals surface area contributed by atoms with Gasteiger partial charge in [-0.1, -0.05) is 20.4 Å². The molecule has 43 heavy (non-hydrogen) atoms. The summed E-state index contributed by atoms with van der Waals surface area (Å²) in [5.41, 5.74) is -0.409. The number of nitrogens with one attached hydrogen (secondary N) is 1. The van der Waals surface area contributed by atoms with E-state index in [1.165, 1.54) is 6.08 Å². The molecule has 2 unspecified atom stereocenters. The molecule has 0 aromatic carbocycles. The standard InChI is InChI=1S/C32H51NO10/c1-4-25(38)42-18-10-11-31(2)17(12-18)13-21(35)26-19-9-8-16(32(19,3)23(36)14-20(26)31)6-5-7-24(37)33-27-29(40)28(39)22(15-34)43-30(27)41/h4,16-23,26-30,34-36,39-41H,1,5-15H2,2-3H3,(H,33,37)/t16-,17-,18+,19-,20?,21+,22+,23-,26?,27+,28+,29+,30-,31-,32+/m0/s1. The van der Waals surface area contributed by atoms with E-state index in [1.54, 1.807) is 0 Å². The van der Waals surface area contributed by atoms with Crippen molar-refractivity contribution in [2.24, 2.45) is 40.4 Å². The molecule has 1 aliphatic heterocycles. The Morgan fingerprint density at radius 3 is 2.47 bits per heavy atom. The molecule has 11 heteroatoms. The molecule has 0 aromatic rings. The van der Waals surface area contributed by atoms with Crippen molar-refractivity contribution in [3.63, 3.8) is 0 Å². The van der Waals surface area contributed by atoms with E-state index in [0.717, 1.165) is 38.5 Å². The Morgan fingerprint density at radius 2 is 1.77 bits per heavy atom. The number of fused-ring (bicyclic) bond motifs is 5. The largest absolute Gasteiger partial charge is 0.459 e. The van der Waals surface area contributed by atoms with Crippen LogP contribution in [-0.4, -0.2) is 98.1 Å². The topological polar surface area (TPSA) is 186 Å². The molecule has 5 fully saturated rings. The van der Waals surface area contributed by atoms with Crippen molar-refractivity contribution in [1.82, 2.24) is 5.32 Å². The summed E-state index contributed by atoms with van der Waals surface area (Å²) in [7, 11) is 0. The van der Waals surface area contributed by atoms with Crippen LogP contribution in [-0.2, 0) is 19.1 Å². The van der Waals surface area contributed by atoms with Gasteiger partial charge in [-0.2, -0.15) is 0 Å². The first-order valence-corrected chi connectivity index (χ1v) is 16.1. The number of rotatable bonds is 8. The zero-order valence-electron chi connectivity index (χ0n) is 25.4. The molecule has 0 radical (unpaired) electrons. The Morgan fingerprint density at radius 1 is 1.02 bits per heavy atom. The van der Waals surface area contributed by atoms with E-state index < -0.39 is 55.4 Å². The number of aliphatic hydroxyl groups is 6. The monoisotopic (exact) mass is 609 g/mol. The third-order valence-electron chi connectivity index (χ3n) is 12.6. The molecule has 4 aliphatic carbocycles. The first-order chi connectivity index (χ1) is 20.3. The van der Waals surface area contributed by atoms with Crippen LogP contribution in [0.1, 0.15) is 78.1 Å². The smallest absolute Gasteiger partial charge is 0.330 e. The predicted octanol–water partition coefficient (Wildman–Crippen LogP) is 0.771. The van der Waals surface area contributed by atoms with Crippen molar-refractivity contribution in [2.75, 3.05) is 6.61 Å². The van der Waals surface area contributed by atoms with Crippen molar-refractivity contribution in [3.8, 4) is 0 Å².